The van der Waals surface area contributed by atoms with Crippen molar-refractivity contribution in [3.05, 3.63) is 59.1 Å². The zero-order valence-electron chi connectivity index (χ0n) is 17.1. The molecule has 8 heteroatoms. The molecule has 160 valence electrons. The van der Waals surface area contributed by atoms with Crippen LogP contribution in [0.3, 0.4) is 0 Å². The quantitative estimate of drug-likeness (QED) is 0.672. The van der Waals surface area contributed by atoms with Crippen molar-refractivity contribution in [3.8, 4) is 0 Å². The highest BCUT2D eigenvalue weighted by Gasteiger charge is 2.13. The van der Waals surface area contributed by atoms with E-state index < -0.39 is 0 Å². The Bertz CT molecular complexity index is 854. The number of morpholine rings is 1. The molecule has 0 bridgehead atoms. The fraction of sp³-hybridized carbons (Fsp3) is 0.364. The van der Waals surface area contributed by atoms with Gasteiger partial charge in [-0.1, -0.05) is 29.8 Å². The van der Waals surface area contributed by atoms with E-state index in [0.717, 1.165) is 43.2 Å². The number of halogens is 1. The first kappa shape index (κ1) is 22.1. The van der Waals surface area contributed by atoms with Crippen molar-refractivity contribution >= 4 is 34.8 Å². The number of likely N-dealkylation sites (N-methyl/N-ethyl adjacent to an activating group) is 1. The maximum absolute atomic E-state index is 12.3. The first-order valence-electron chi connectivity index (χ1n) is 9.92. The van der Waals surface area contributed by atoms with Crippen LogP contribution in [0.15, 0.2) is 48.5 Å². The largest absolute Gasteiger partial charge is 0.378 e. The van der Waals surface area contributed by atoms with Crippen LogP contribution >= 0.6 is 11.6 Å². The van der Waals surface area contributed by atoms with Crippen LogP contribution in [0.4, 0.5) is 11.4 Å². The van der Waals surface area contributed by atoms with Crippen molar-refractivity contribution in [1.29, 1.82) is 0 Å². The van der Waals surface area contributed by atoms with Crippen LogP contribution in [-0.2, 0) is 20.9 Å². The second kappa shape index (κ2) is 11.0. The van der Waals surface area contributed by atoms with Crippen LogP contribution in [0.2, 0.25) is 5.02 Å². The first-order chi connectivity index (χ1) is 14.5. The Labute approximate surface area is 181 Å². The highest BCUT2D eigenvalue weighted by molar-refractivity contribution is 6.31. The van der Waals surface area contributed by atoms with Gasteiger partial charge in [0.15, 0.2) is 0 Å². The van der Waals surface area contributed by atoms with Gasteiger partial charge in [-0.2, -0.15) is 0 Å². The van der Waals surface area contributed by atoms with Crippen molar-refractivity contribution in [2.45, 2.75) is 6.54 Å². The van der Waals surface area contributed by atoms with Gasteiger partial charge in [-0.25, -0.2) is 0 Å². The fourth-order valence-electron chi connectivity index (χ4n) is 3.22. The Kier molecular flexibility index (Phi) is 8.07. The number of anilines is 2. The molecular formula is C22H27ClN4O3. The Hall–Kier alpha value is -2.61. The molecule has 7 nitrogen and oxygen atoms in total. The number of hydrogen-bond donors (Lipinski definition) is 2. The second-order valence-corrected chi connectivity index (χ2v) is 7.64. The lowest BCUT2D eigenvalue weighted by molar-refractivity contribution is -0.123. The van der Waals surface area contributed by atoms with Gasteiger partial charge < -0.3 is 20.3 Å². The van der Waals surface area contributed by atoms with Crippen molar-refractivity contribution in [1.82, 2.24) is 10.2 Å². The van der Waals surface area contributed by atoms with E-state index in [1.54, 1.807) is 18.0 Å². The van der Waals surface area contributed by atoms with E-state index >= 15 is 0 Å². The normalized spacial score (nSPS) is 13.9. The van der Waals surface area contributed by atoms with Gasteiger partial charge >= 0.3 is 0 Å². The number of ether oxygens (including phenoxy) is 1. The summed E-state index contributed by atoms with van der Waals surface area (Å²) in [5.74, 6) is -0.337. The van der Waals surface area contributed by atoms with Crippen LogP contribution < -0.4 is 15.5 Å². The zero-order chi connectivity index (χ0) is 21.3. The molecular weight excluding hydrogens is 404 g/mol. The number of nitrogens with one attached hydrogen (secondary N) is 2. The van der Waals surface area contributed by atoms with Crippen molar-refractivity contribution in [2.75, 3.05) is 56.7 Å². The summed E-state index contributed by atoms with van der Waals surface area (Å²) in [5, 5.41) is 6.31. The van der Waals surface area contributed by atoms with Crippen LogP contribution in [-0.4, -0.2) is 63.2 Å². The summed E-state index contributed by atoms with van der Waals surface area (Å²) in [4.78, 5) is 28.3. The fourth-order valence-corrected chi connectivity index (χ4v) is 3.42. The molecule has 1 saturated heterocycles. The molecule has 2 aromatic rings. The Morgan fingerprint density at radius 3 is 2.40 bits per heavy atom. The minimum Gasteiger partial charge on any atom is -0.378 e. The van der Waals surface area contributed by atoms with E-state index in [1.807, 2.05) is 42.5 Å². The molecule has 0 radical (unpaired) electrons. The lowest BCUT2D eigenvalue weighted by atomic mass is 10.2. The van der Waals surface area contributed by atoms with Gasteiger partial charge in [0.25, 0.3) is 0 Å². The molecule has 1 aliphatic rings. The van der Waals surface area contributed by atoms with Gasteiger partial charge in [0.1, 0.15) is 0 Å². The maximum Gasteiger partial charge on any atom is 0.238 e. The number of hydrogen-bond acceptors (Lipinski definition) is 5. The molecule has 0 saturated carbocycles. The molecule has 1 aliphatic heterocycles. The molecule has 0 unspecified atom stereocenters. The van der Waals surface area contributed by atoms with Crippen LogP contribution in [0.25, 0.3) is 0 Å². The molecule has 0 aromatic heterocycles. The summed E-state index contributed by atoms with van der Waals surface area (Å²) in [7, 11) is 1.73. The van der Waals surface area contributed by atoms with Gasteiger partial charge in [0, 0.05) is 36.0 Å². The van der Waals surface area contributed by atoms with Gasteiger partial charge in [-0.3, -0.25) is 14.5 Å². The summed E-state index contributed by atoms with van der Waals surface area (Å²) in [5.41, 5.74) is 2.70. The smallest absolute Gasteiger partial charge is 0.238 e. The Morgan fingerprint density at radius 2 is 1.70 bits per heavy atom. The van der Waals surface area contributed by atoms with Gasteiger partial charge in [0.2, 0.25) is 11.8 Å². The maximum atomic E-state index is 12.3. The third-order valence-electron chi connectivity index (χ3n) is 4.79. The topological polar surface area (TPSA) is 73.9 Å². The van der Waals surface area contributed by atoms with E-state index in [4.69, 9.17) is 16.3 Å². The lowest BCUT2D eigenvalue weighted by Gasteiger charge is -2.28. The molecule has 1 fully saturated rings. The summed E-state index contributed by atoms with van der Waals surface area (Å²) in [6.45, 7) is 3.80. The minimum absolute atomic E-state index is 0.116. The average molecular weight is 431 g/mol. The number of carbonyl (C=O) groups excluding carboxylic acids is 2. The third-order valence-corrected chi connectivity index (χ3v) is 5.16. The molecule has 2 aromatic carbocycles. The third kappa shape index (κ3) is 6.73. The molecule has 2 amide bonds. The molecule has 30 heavy (non-hydrogen) atoms. The second-order valence-electron chi connectivity index (χ2n) is 7.23. The number of nitrogens with zero attached hydrogens (tertiary/aromatic N) is 2. The van der Waals surface area contributed by atoms with E-state index in [9.17, 15) is 9.59 Å². The van der Waals surface area contributed by atoms with Crippen molar-refractivity contribution in [3.63, 3.8) is 0 Å². The Balaban J connectivity index is 1.40. The summed E-state index contributed by atoms with van der Waals surface area (Å²) in [6.07, 6.45) is 0. The molecule has 3 rings (SSSR count). The predicted molar refractivity (Wildman–Crippen MR) is 119 cm³/mol. The molecule has 0 atom stereocenters. The number of carbonyl (C=O) groups is 2. The highest BCUT2D eigenvalue weighted by Crippen LogP contribution is 2.19. The van der Waals surface area contributed by atoms with Crippen LogP contribution in [0.5, 0.6) is 0 Å². The lowest BCUT2D eigenvalue weighted by Crippen LogP contribution is -2.38. The van der Waals surface area contributed by atoms with E-state index in [0.29, 0.717) is 11.6 Å². The Morgan fingerprint density at radius 1 is 1.03 bits per heavy atom. The monoisotopic (exact) mass is 430 g/mol. The van der Waals surface area contributed by atoms with Crippen molar-refractivity contribution in [2.24, 2.45) is 0 Å². The van der Waals surface area contributed by atoms with Gasteiger partial charge in [-0.15, -0.1) is 0 Å². The van der Waals surface area contributed by atoms with Gasteiger partial charge in [0.05, 0.1) is 26.3 Å². The first-order valence-corrected chi connectivity index (χ1v) is 10.3. The summed E-state index contributed by atoms with van der Waals surface area (Å²) >= 11 is 6.09. The minimum atomic E-state index is -0.171. The predicted octanol–water partition coefficient (Wildman–Crippen LogP) is 2.36. The number of benzene rings is 2. The molecule has 0 aliphatic carbocycles. The van der Waals surface area contributed by atoms with Crippen LogP contribution in [0.1, 0.15) is 5.56 Å². The summed E-state index contributed by atoms with van der Waals surface area (Å²) in [6, 6.07) is 15.1. The SMILES string of the molecule is CN(CC(=O)NCc1ccccc1Cl)CC(=O)Nc1ccc(N2CCOCC2)cc1. The molecule has 2 N–H and O–H groups in total. The van der Waals surface area contributed by atoms with E-state index in [1.165, 1.54) is 0 Å². The zero-order valence-corrected chi connectivity index (χ0v) is 17.8. The summed E-state index contributed by atoms with van der Waals surface area (Å²) < 4.78 is 5.37. The standard InChI is InChI=1S/C22H27ClN4O3/c1-26(15-21(28)24-14-17-4-2-3-5-20(17)23)16-22(29)25-18-6-8-19(9-7-18)27-10-12-30-13-11-27/h2-9H,10-16H2,1H3,(H,24,28)(H,25,29). The number of amides is 2. The highest BCUT2D eigenvalue weighted by atomic mass is 35.5. The molecule has 1 heterocycles. The van der Waals surface area contributed by atoms with E-state index in [-0.39, 0.29) is 24.9 Å². The molecule has 0 spiro atoms. The van der Waals surface area contributed by atoms with Gasteiger partial charge in [-0.05, 0) is 42.9 Å². The van der Waals surface area contributed by atoms with E-state index in [2.05, 4.69) is 15.5 Å². The number of rotatable bonds is 8. The van der Waals surface area contributed by atoms with Crippen molar-refractivity contribution < 1.29 is 14.3 Å². The van der Waals surface area contributed by atoms with Crippen LogP contribution in [0, 0.1) is 0 Å². The average Bonchev–Trinajstić information content (AvgIpc) is 2.74.